The van der Waals surface area contributed by atoms with Gasteiger partial charge in [0.1, 0.15) is 12.1 Å². The number of hydrogen-bond acceptors (Lipinski definition) is 4. The van der Waals surface area contributed by atoms with Crippen LogP contribution in [0.4, 0.5) is 0 Å². The first-order valence-electron chi connectivity index (χ1n) is 15.0. The Labute approximate surface area is 266 Å². The summed E-state index contributed by atoms with van der Waals surface area (Å²) < 4.78 is 0. The Balaban J connectivity index is 1.45. The Morgan fingerprint density at radius 1 is 0.391 bits per heavy atom. The van der Waals surface area contributed by atoms with Crippen LogP contribution in [-0.2, 0) is 0 Å². The second-order valence-electron chi connectivity index (χ2n) is 11.3. The van der Waals surface area contributed by atoms with Crippen molar-refractivity contribution in [1.82, 2.24) is 9.97 Å². The standard InChI is InChI=1S/C42H24N4/c43-21-27-17-34(25-45-23-27)30-8-5-10-32(19-30)40-37-13-3-4-14-38(37)41(42-36-12-2-1-7-29(36)15-16-39(40)42)33-11-6-9-31(20-33)35-18-28(22-44)24-46-26-35/h1-20,23-26H. The molecule has 2 heterocycles. The minimum atomic E-state index is 0.534. The highest BCUT2D eigenvalue weighted by Gasteiger charge is 2.19. The Morgan fingerprint density at radius 2 is 0.913 bits per heavy atom. The van der Waals surface area contributed by atoms with Crippen LogP contribution in [0, 0.1) is 22.7 Å². The van der Waals surface area contributed by atoms with E-state index >= 15 is 0 Å². The number of hydrogen-bond donors (Lipinski definition) is 0. The van der Waals surface area contributed by atoms with Crippen LogP contribution >= 0.6 is 0 Å². The van der Waals surface area contributed by atoms with Crippen molar-refractivity contribution in [1.29, 1.82) is 10.5 Å². The minimum Gasteiger partial charge on any atom is -0.263 e. The summed E-state index contributed by atoms with van der Waals surface area (Å²) in [4.78, 5) is 8.63. The maximum absolute atomic E-state index is 9.50. The van der Waals surface area contributed by atoms with Gasteiger partial charge < -0.3 is 0 Å². The molecule has 0 aliphatic rings. The van der Waals surface area contributed by atoms with E-state index in [4.69, 9.17) is 0 Å². The van der Waals surface area contributed by atoms with Gasteiger partial charge in [0.2, 0.25) is 0 Å². The molecule has 0 N–H and O–H groups in total. The van der Waals surface area contributed by atoms with Gasteiger partial charge in [0.25, 0.3) is 0 Å². The third-order valence-electron chi connectivity index (χ3n) is 8.62. The number of aromatic nitrogens is 2. The second-order valence-corrected chi connectivity index (χ2v) is 11.3. The lowest BCUT2D eigenvalue weighted by Crippen LogP contribution is -1.93. The molecule has 0 unspecified atom stereocenters. The van der Waals surface area contributed by atoms with Crippen molar-refractivity contribution in [2.24, 2.45) is 0 Å². The molecule has 4 nitrogen and oxygen atoms in total. The van der Waals surface area contributed by atoms with Gasteiger partial charge in [-0.05, 0) is 90.0 Å². The van der Waals surface area contributed by atoms with Crippen molar-refractivity contribution < 1.29 is 0 Å². The average Bonchev–Trinajstić information content (AvgIpc) is 3.13. The molecule has 8 aromatic rings. The van der Waals surface area contributed by atoms with Crippen LogP contribution in [-0.4, -0.2) is 9.97 Å². The van der Waals surface area contributed by atoms with Crippen molar-refractivity contribution in [3.63, 3.8) is 0 Å². The number of nitriles is 2. The second kappa shape index (κ2) is 11.1. The van der Waals surface area contributed by atoms with Crippen molar-refractivity contribution >= 4 is 32.3 Å². The lowest BCUT2D eigenvalue weighted by Gasteiger charge is -2.20. The summed E-state index contributed by atoms with van der Waals surface area (Å²) in [5.74, 6) is 0. The highest BCUT2D eigenvalue weighted by Crippen LogP contribution is 2.47. The number of fused-ring (bicyclic) bond motifs is 4. The largest absolute Gasteiger partial charge is 0.263 e. The first kappa shape index (κ1) is 27.0. The Morgan fingerprint density at radius 3 is 1.52 bits per heavy atom. The molecule has 8 rings (SSSR count). The minimum absolute atomic E-state index is 0.534. The van der Waals surface area contributed by atoms with Gasteiger partial charge in [0.15, 0.2) is 0 Å². The number of pyridine rings is 2. The summed E-state index contributed by atoms with van der Waals surface area (Å²) in [5.41, 5.74) is 9.40. The molecule has 0 radical (unpaired) electrons. The van der Waals surface area contributed by atoms with Crippen LogP contribution in [0.2, 0.25) is 0 Å². The van der Waals surface area contributed by atoms with E-state index in [1.165, 1.54) is 21.7 Å². The van der Waals surface area contributed by atoms with Gasteiger partial charge in [-0.25, -0.2) is 0 Å². The fourth-order valence-electron chi connectivity index (χ4n) is 6.59. The highest BCUT2D eigenvalue weighted by atomic mass is 14.6. The highest BCUT2D eigenvalue weighted by molar-refractivity contribution is 6.28. The smallest absolute Gasteiger partial charge is 0.101 e. The van der Waals surface area contributed by atoms with E-state index in [2.05, 4.69) is 131 Å². The van der Waals surface area contributed by atoms with E-state index in [0.29, 0.717) is 11.1 Å². The van der Waals surface area contributed by atoms with Gasteiger partial charge >= 0.3 is 0 Å². The molecule has 2 aromatic heterocycles. The quantitative estimate of drug-likeness (QED) is 0.152. The molecule has 212 valence electrons. The van der Waals surface area contributed by atoms with Gasteiger partial charge in [0, 0.05) is 35.9 Å². The van der Waals surface area contributed by atoms with E-state index in [0.717, 1.165) is 55.1 Å². The Kier molecular flexibility index (Phi) is 6.53. The van der Waals surface area contributed by atoms with E-state index in [-0.39, 0.29) is 0 Å². The molecule has 0 aliphatic heterocycles. The molecule has 0 saturated heterocycles. The van der Waals surface area contributed by atoms with E-state index in [1.807, 2.05) is 24.5 Å². The predicted molar refractivity (Wildman–Crippen MR) is 186 cm³/mol. The van der Waals surface area contributed by atoms with Crippen LogP contribution in [0.5, 0.6) is 0 Å². The molecule has 0 atom stereocenters. The maximum Gasteiger partial charge on any atom is 0.101 e. The number of rotatable bonds is 4. The summed E-state index contributed by atoms with van der Waals surface area (Å²) in [5, 5.41) is 26.0. The van der Waals surface area contributed by atoms with Gasteiger partial charge in [0.05, 0.1) is 11.1 Å². The molecular formula is C42H24N4. The molecule has 0 aliphatic carbocycles. The molecule has 46 heavy (non-hydrogen) atoms. The van der Waals surface area contributed by atoms with Gasteiger partial charge in [-0.1, -0.05) is 97.1 Å². The SMILES string of the molecule is N#Cc1cncc(-c2cccc(-c3c4ccccc4c(-c4cccc(-c5cncc(C#N)c5)c4)c4c3ccc3ccccc34)c2)c1. The van der Waals surface area contributed by atoms with E-state index < -0.39 is 0 Å². The van der Waals surface area contributed by atoms with Gasteiger partial charge in [-0.2, -0.15) is 10.5 Å². The molecule has 0 bridgehead atoms. The number of nitrogens with zero attached hydrogens (tertiary/aromatic N) is 4. The van der Waals surface area contributed by atoms with Crippen LogP contribution in [0.3, 0.4) is 0 Å². The van der Waals surface area contributed by atoms with E-state index in [1.54, 1.807) is 12.4 Å². The third-order valence-corrected chi connectivity index (χ3v) is 8.62. The summed E-state index contributed by atoms with van der Waals surface area (Å²) in [7, 11) is 0. The van der Waals surface area contributed by atoms with Crippen LogP contribution in [0.1, 0.15) is 11.1 Å². The topological polar surface area (TPSA) is 73.4 Å². The van der Waals surface area contributed by atoms with Crippen molar-refractivity contribution in [3.8, 4) is 56.6 Å². The zero-order valence-electron chi connectivity index (χ0n) is 24.6. The monoisotopic (exact) mass is 584 g/mol. The van der Waals surface area contributed by atoms with Gasteiger partial charge in [-0.3, -0.25) is 9.97 Å². The molecule has 0 saturated carbocycles. The Bertz CT molecular complexity index is 2570. The fourth-order valence-corrected chi connectivity index (χ4v) is 6.59. The molecule has 6 aromatic carbocycles. The summed E-state index contributed by atoms with van der Waals surface area (Å²) in [6.45, 7) is 0. The van der Waals surface area contributed by atoms with Crippen LogP contribution in [0.25, 0.3) is 76.8 Å². The first-order valence-corrected chi connectivity index (χ1v) is 15.0. The normalized spacial score (nSPS) is 11.0. The third kappa shape index (κ3) is 4.54. The lowest BCUT2D eigenvalue weighted by atomic mass is 9.83. The zero-order chi connectivity index (χ0) is 31.0. The average molecular weight is 585 g/mol. The summed E-state index contributed by atoms with van der Waals surface area (Å²) >= 11 is 0. The van der Waals surface area contributed by atoms with Crippen molar-refractivity contribution in [2.75, 3.05) is 0 Å². The van der Waals surface area contributed by atoms with Crippen LogP contribution in [0.15, 0.2) is 146 Å². The zero-order valence-corrected chi connectivity index (χ0v) is 24.6. The van der Waals surface area contributed by atoms with E-state index in [9.17, 15) is 10.5 Å². The summed E-state index contributed by atoms with van der Waals surface area (Å²) in [6, 6.07) is 46.9. The number of benzene rings is 6. The molecule has 0 spiro atoms. The lowest BCUT2D eigenvalue weighted by molar-refractivity contribution is 1.30. The van der Waals surface area contributed by atoms with Crippen molar-refractivity contribution in [3.05, 3.63) is 157 Å². The van der Waals surface area contributed by atoms with Crippen molar-refractivity contribution in [2.45, 2.75) is 0 Å². The molecule has 4 heteroatoms. The molecular weight excluding hydrogens is 560 g/mol. The molecule has 0 amide bonds. The Hall–Kier alpha value is -6.62. The first-order chi connectivity index (χ1) is 22.7. The molecule has 0 fully saturated rings. The van der Waals surface area contributed by atoms with Crippen LogP contribution < -0.4 is 0 Å². The van der Waals surface area contributed by atoms with Gasteiger partial charge in [-0.15, -0.1) is 0 Å². The fraction of sp³-hybridized carbons (Fsp3) is 0. The maximum atomic E-state index is 9.50. The summed E-state index contributed by atoms with van der Waals surface area (Å²) in [6.07, 6.45) is 6.79. The predicted octanol–water partition coefficient (Wildman–Crippen LogP) is 10.3.